The van der Waals surface area contributed by atoms with Crippen LogP contribution in [0.25, 0.3) is 0 Å². The number of hydrogen-bond donors (Lipinski definition) is 2. The molecule has 1 saturated carbocycles. The smallest absolute Gasteiger partial charge is 0.237 e. The van der Waals surface area contributed by atoms with Crippen molar-refractivity contribution in [2.45, 2.75) is 83.0 Å². The molecule has 0 bridgehead atoms. The van der Waals surface area contributed by atoms with Crippen LogP contribution in [0.1, 0.15) is 59.3 Å². The molecule has 0 aromatic rings. The molecule has 1 heterocycles. The average molecular weight is 268 g/mol. The zero-order valence-electron chi connectivity index (χ0n) is 12.5. The summed E-state index contributed by atoms with van der Waals surface area (Å²) < 4.78 is 6.02. The Hall–Kier alpha value is -0.610. The van der Waals surface area contributed by atoms with Gasteiger partial charge in [-0.25, -0.2) is 0 Å². The van der Waals surface area contributed by atoms with Gasteiger partial charge in [0.15, 0.2) is 0 Å². The minimum atomic E-state index is -0.121. The van der Waals surface area contributed by atoms with Crippen LogP contribution in [0.3, 0.4) is 0 Å². The molecule has 0 aromatic heterocycles. The molecule has 1 saturated heterocycles. The minimum absolute atomic E-state index is 0.0990. The van der Waals surface area contributed by atoms with Gasteiger partial charge in [-0.1, -0.05) is 12.8 Å². The van der Waals surface area contributed by atoms with Crippen molar-refractivity contribution in [1.29, 1.82) is 0 Å². The van der Waals surface area contributed by atoms with Crippen LogP contribution < -0.4 is 10.6 Å². The number of nitrogens with one attached hydrogen (secondary N) is 2. The Morgan fingerprint density at radius 3 is 2.58 bits per heavy atom. The molecule has 0 radical (unpaired) electrons. The first-order valence-electron chi connectivity index (χ1n) is 7.71. The van der Waals surface area contributed by atoms with Crippen LogP contribution in [0.2, 0.25) is 0 Å². The van der Waals surface area contributed by atoms with Crippen molar-refractivity contribution >= 4 is 5.91 Å². The molecular weight excluding hydrogens is 240 g/mol. The summed E-state index contributed by atoms with van der Waals surface area (Å²) in [5, 5.41) is 6.44. The maximum atomic E-state index is 11.9. The lowest BCUT2D eigenvalue weighted by atomic mass is 9.88. The van der Waals surface area contributed by atoms with Crippen LogP contribution in [-0.4, -0.2) is 36.2 Å². The highest BCUT2D eigenvalue weighted by Gasteiger charge is 2.40. The van der Waals surface area contributed by atoms with Crippen molar-refractivity contribution in [3.8, 4) is 0 Å². The van der Waals surface area contributed by atoms with Gasteiger partial charge in [0.25, 0.3) is 0 Å². The highest BCUT2D eigenvalue weighted by atomic mass is 16.5. The molecule has 1 spiro atoms. The third kappa shape index (κ3) is 3.93. The van der Waals surface area contributed by atoms with Crippen molar-refractivity contribution in [3.63, 3.8) is 0 Å². The molecule has 110 valence electrons. The van der Waals surface area contributed by atoms with Crippen LogP contribution in [0.4, 0.5) is 0 Å². The van der Waals surface area contributed by atoms with Crippen molar-refractivity contribution in [1.82, 2.24) is 10.6 Å². The molecule has 1 aliphatic carbocycles. The topological polar surface area (TPSA) is 50.4 Å². The van der Waals surface area contributed by atoms with Gasteiger partial charge in [-0.3, -0.25) is 4.79 Å². The molecule has 2 aliphatic rings. The van der Waals surface area contributed by atoms with E-state index < -0.39 is 0 Å². The zero-order chi connectivity index (χ0) is 13.9. The van der Waals surface area contributed by atoms with Gasteiger partial charge in [0.1, 0.15) is 0 Å². The fourth-order valence-electron chi connectivity index (χ4n) is 3.38. The Morgan fingerprint density at radius 2 is 1.95 bits per heavy atom. The van der Waals surface area contributed by atoms with Gasteiger partial charge in [-0.05, 0) is 46.5 Å². The van der Waals surface area contributed by atoms with Gasteiger partial charge in [0.2, 0.25) is 5.91 Å². The molecule has 0 aromatic carbocycles. The summed E-state index contributed by atoms with van der Waals surface area (Å²) in [6.07, 6.45) is 7.04. The average Bonchev–Trinajstić information content (AvgIpc) is 2.76. The lowest BCUT2D eigenvalue weighted by Crippen LogP contribution is -2.52. The van der Waals surface area contributed by atoms with E-state index in [0.29, 0.717) is 6.04 Å². The third-order valence-electron chi connectivity index (χ3n) is 4.32. The lowest BCUT2D eigenvalue weighted by molar-refractivity contribution is -0.124. The fraction of sp³-hybridized carbons (Fsp3) is 0.933. The maximum absolute atomic E-state index is 11.9. The van der Waals surface area contributed by atoms with Gasteiger partial charge in [0, 0.05) is 18.7 Å². The van der Waals surface area contributed by atoms with Gasteiger partial charge in [-0.15, -0.1) is 0 Å². The number of carbonyl (C=O) groups excluding carboxylic acids is 1. The zero-order valence-corrected chi connectivity index (χ0v) is 12.5. The van der Waals surface area contributed by atoms with Crippen LogP contribution in [0.5, 0.6) is 0 Å². The Balaban J connectivity index is 1.83. The molecule has 1 aliphatic heterocycles. The fourth-order valence-corrected chi connectivity index (χ4v) is 3.38. The van der Waals surface area contributed by atoms with E-state index >= 15 is 0 Å². The maximum Gasteiger partial charge on any atom is 0.237 e. The Bertz CT molecular complexity index is 311. The first-order chi connectivity index (χ1) is 9.01. The van der Waals surface area contributed by atoms with E-state index in [9.17, 15) is 4.79 Å². The molecule has 19 heavy (non-hydrogen) atoms. The Morgan fingerprint density at radius 1 is 1.26 bits per heavy atom. The highest BCUT2D eigenvalue weighted by Crippen LogP contribution is 2.39. The SMILES string of the molecule is CC(C)NC(=O)C(C)NC1CCOC2(CCCC2)C1. The summed E-state index contributed by atoms with van der Waals surface area (Å²) in [6, 6.07) is 0.497. The second-order valence-corrected chi connectivity index (χ2v) is 6.48. The van der Waals surface area contributed by atoms with Crippen molar-refractivity contribution in [2.24, 2.45) is 0 Å². The van der Waals surface area contributed by atoms with E-state index in [1.165, 1.54) is 25.7 Å². The summed E-state index contributed by atoms with van der Waals surface area (Å²) in [6.45, 7) is 6.77. The first kappa shape index (κ1) is 14.8. The van der Waals surface area contributed by atoms with Gasteiger partial charge < -0.3 is 15.4 Å². The standard InChI is InChI=1S/C15H28N2O2/c1-11(2)16-14(18)12(3)17-13-6-9-19-15(10-13)7-4-5-8-15/h11-13,17H,4-10H2,1-3H3,(H,16,18). The first-order valence-corrected chi connectivity index (χ1v) is 7.71. The van der Waals surface area contributed by atoms with E-state index in [4.69, 9.17) is 4.74 Å². The predicted molar refractivity (Wildman–Crippen MR) is 76.0 cm³/mol. The van der Waals surface area contributed by atoms with Gasteiger partial charge in [-0.2, -0.15) is 0 Å². The number of amides is 1. The number of hydrogen-bond acceptors (Lipinski definition) is 3. The molecule has 2 rings (SSSR count). The summed E-state index contributed by atoms with van der Waals surface area (Å²) in [7, 11) is 0. The molecule has 2 fully saturated rings. The predicted octanol–water partition coefficient (Wildman–Crippen LogP) is 1.98. The third-order valence-corrected chi connectivity index (χ3v) is 4.32. The van der Waals surface area contributed by atoms with Crippen molar-refractivity contribution in [3.05, 3.63) is 0 Å². The second-order valence-electron chi connectivity index (χ2n) is 6.48. The van der Waals surface area contributed by atoms with E-state index in [0.717, 1.165) is 19.4 Å². The molecule has 4 heteroatoms. The molecule has 2 atom stereocenters. The number of carbonyl (C=O) groups is 1. The molecule has 2 N–H and O–H groups in total. The summed E-state index contributed by atoms with van der Waals surface area (Å²) in [4.78, 5) is 11.9. The molecule has 1 amide bonds. The Labute approximate surface area is 116 Å². The largest absolute Gasteiger partial charge is 0.375 e. The van der Waals surface area contributed by atoms with E-state index in [1.807, 2.05) is 20.8 Å². The summed E-state index contributed by atoms with van der Waals surface area (Å²) in [5.41, 5.74) is 0.115. The highest BCUT2D eigenvalue weighted by molar-refractivity contribution is 5.81. The minimum Gasteiger partial charge on any atom is -0.375 e. The van der Waals surface area contributed by atoms with Gasteiger partial charge >= 0.3 is 0 Å². The van der Waals surface area contributed by atoms with Crippen molar-refractivity contribution < 1.29 is 9.53 Å². The number of ether oxygens (including phenoxy) is 1. The van der Waals surface area contributed by atoms with E-state index in [-0.39, 0.29) is 23.6 Å². The van der Waals surface area contributed by atoms with Gasteiger partial charge in [0.05, 0.1) is 11.6 Å². The Kier molecular flexibility index (Phi) is 4.85. The quantitative estimate of drug-likeness (QED) is 0.819. The van der Waals surface area contributed by atoms with Crippen molar-refractivity contribution in [2.75, 3.05) is 6.61 Å². The molecular formula is C15H28N2O2. The summed E-state index contributed by atoms with van der Waals surface area (Å²) >= 11 is 0. The second kappa shape index (κ2) is 6.23. The lowest BCUT2D eigenvalue weighted by Gasteiger charge is -2.39. The van der Waals surface area contributed by atoms with E-state index in [2.05, 4.69) is 10.6 Å². The van der Waals surface area contributed by atoms with Crippen LogP contribution in [0.15, 0.2) is 0 Å². The number of rotatable bonds is 4. The normalized spacial score (nSPS) is 27.7. The van der Waals surface area contributed by atoms with Crippen LogP contribution in [-0.2, 0) is 9.53 Å². The van der Waals surface area contributed by atoms with Crippen LogP contribution >= 0.6 is 0 Å². The summed E-state index contributed by atoms with van der Waals surface area (Å²) in [5.74, 6) is 0.0990. The monoisotopic (exact) mass is 268 g/mol. The van der Waals surface area contributed by atoms with Crippen LogP contribution in [0, 0.1) is 0 Å². The van der Waals surface area contributed by atoms with E-state index in [1.54, 1.807) is 0 Å². The molecule has 2 unspecified atom stereocenters. The molecule has 4 nitrogen and oxygen atoms in total.